The van der Waals surface area contributed by atoms with Gasteiger partial charge in [-0.2, -0.15) is 0 Å². The number of hydrogen-bond acceptors (Lipinski definition) is 3. The number of piperidine rings is 1. The molecule has 1 aliphatic heterocycles. The van der Waals surface area contributed by atoms with Gasteiger partial charge in [0.1, 0.15) is 0 Å². The number of rotatable bonds is 5. The monoisotopic (exact) mass is 255 g/mol. The molecule has 0 aromatic rings. The van der Waals surface area contributed by atoms with Crippen molar-refractivity contribution in [3.8, 4) is 0 Å². The maximum absolute atomic E-state index is 10.3. The Kier molecular flexibility index (Phi) is 5.93. The van der Waals surface area contributed by atoms with Crippen molar-refractivity contribution >= 4 is 0 Å². The molecule has 0 amide bonds. The average Bonchev–Trinajstić information content (AvgIpc) is 2.40. The fourth-order valence-electron chi connectivity index (χ4n) is 3.78. The molecular formula is C15H29NO2. The van der Waals surface area contributed by atoms with Gasteiger partial charge in [0.15, 0.2) is 0 Å². The van der Waals surface area contributed by atoms with Crippen molar-refractivity contribution in [1.82, 2.24) is 4.90 Å². The van der Waals surface area contributed by atoms with Gasteiger partial charge in [-0.05, 0) is 38.6 Å². The van der Waals surface area contributed by atoms with Crippen LogP contribution in [0.25, 0.3) is 0 Å². The van der Waals surface area contributed by atoms with Crippen molar-refractivity contribution in [2.45, 2.75) is 63.5 Å². The molecule has 3 heteroatoms. The normalized spacial score (nSPS) is 34.7. The van der Waals surface area contributed by atoms with Gasteiger partial charge in [0.05, 0.1) is 6.10 Å². The van der Waals surface area contributed by atoms with Crippen molar-refractivity contribution < 1.29 is 9.84 Å². The van der Waals surface area contributed by atoms with Crippen LogP contribution in [0.5, 0.6) is 0 Å². The first-order chi connectivity index (χ1) is 8.83. The van der Waals surface area contributed by atoms with Crippen LogP contribution in [0, 0.1) is 5.92 Å². The molecule has 0 bridgehead atoms. The number of ether oxygens (including phenoxy) is 1. The Morgan fingerprint density at radius 1 is 1.11 bits per heavy atom. The third-order valence-corrected chi connectivity index (χ3v) is 4.73. The second kappa shape index (κ2) is 7.46. The van der Waals surface area contributed by atoms with Gasteiger partial charge in [-0.25, -0.2) is 0 Å². The average molecular weight is 255 g/mol. The lowest BCUT2D eigenvalue weighted by Gasteiger charge is -2.43. The van der Waals surface area contributed by atoms with Gasteiger partial charge in [0.2, 0.25) is 0 Å². The lowest BCUT2D eigenvalue weighted by molar-refractivity contribution is -0.00765. The summed E-state index contributed by atoms with van der Waals surface area (Å²) in [6, 6.07) is 0.630. The molecule has 1 N–H and O–H groups in total. The molecule has 0 radical (unpaired) electrons. The molecule has 106 valence electrons. The SMILES string of the molecule is COCCCN1CCCCC1C1CCCCC1O. The summed E-state index contributed by atoms with van der Waals surface area (Å²) in [5, 5.41) is 10.3. The summed E-state index contributed by atoms with van der Waals surface area (Å²) in [6.07, 6.45) is 9.80. The minimum Gasteiger partial charge on any atom is -0.393 e. The van der Waals surface area contributed by atoms with Crippen molar-refractivity contribution in [3.63, 3.8) is 0 Å². The third kappa shape index (κ3) is 3.69. The molecule has 1 saturated carbocycles. The molecule has 2 aliphatic rings. The zero-order valence-corrected chi connectivity index (χ0v) is 11.8. The maximum Gasteiger partial charge on any atom is 0.0583 e. The van der Waals surface area contributed by atoms with Gasteiger partial charge >= 0.3 is 0 Å². The van der Waals surface area contributed by atoms with E-state index in [0.29, 0.717) is 12.0 Å². The number of nitrogens with zero attached hydrogens (tertiary/aromatic N) is 1. The third-order valence-electron chi connectivity index (χ3n) is 4.73. The van der Waals surface area contributed by atoms with E-state index in [4.69, 9.17) is 4.74 Å². The zero-order valence-electron chi connectivity index (χ0n) is 11.8. The van der Waals surface area contributed by atoms with Crippen molar-refractivity contribution in [1.29, 1.82) is 0 Å². The molecule has 18 heavy (non-hydrogen) atoms. The van der Waals surface area contributed by atoms with Gasteiger partial charge < -0.3 is 9.84 Å². The minimum absolute atomic E-state index is 0.0493. The van der Waals surface area contributed by atoms with Crippen molar-refractivity contribution in [3.05, 3.63) is 0 Å². The summed E-state index contributed by atoms with van der Waals surface area (Å²) in [5.41, 5.74) is 0. The fourth-order valence-corrected chi connectivity index (χ4v) is 3.78. The molecule has 0 aromatic carbocycles. The lowest BCUT2D eigenvalue weighted by atomic mass is 9.78. The maximum atomic E-state index is 10.3. The van der Waals surface area contributed by atoms with Gasteiger partial charge in [0.25, 0.3) is 0 Å². The molecule has 2 fully saturated rings. The van der Waals surface area contributed by atoms with E-state index in [1.165, 1.54) is 45.1 Å². The van der Waals surface area contributed by atoms with Crippen LogP contribution >= 0.6 is 0 Å². The van der Waals surface area contributed by atoms with Crippen LogP contribution in [0.3, 0.4) is 0 Å². The molecule has 3 atom stereocenters. The molecule has 3 unspecified atom stereocenters. The molecule has 3 nitrogen and oxygen atoms in total. The largest absolute Gasteiger partial charge is 0.393 e. The molecule has 2 rings (SSSR count). The van der Waals surface area contributed by atoms with Gasteiger partial charge in [-0.15, -0.1) is 0 Å². The zero-order chi connectivity index (χ0) is 12.8. The highest BCUT2D eigenvalue weighted by molar-refractivity contribution is 4.88. The van der Waals surface area contributed by atoms with E-state index >= 15 is 0 Å². The molecule has 0 aromatic heterocycles. The first-order valence-corrected chi connectivity index (χ1v) is 7.74. The van der Waals surface area contributed by atoms with E-state index < -0.39 is 0 Å². The predicted molar refractivity (Wildman–Crippen MR) is 73.7 cm³/mol. The molecule has 0 spiro atoms. The van der Waals surface area contributed by atoms with Crippen LogP contribution in [0.4, 0.5) is 0 Å². The highest BCUT2D eigenvalue weighted by Gasteiger charge is 2.35. The van der Waals surface area contributed by atoms with Crippen LogP contribution < -0.4 is 0 Å². The summed E-state index contributed by atoms with van der Waals surface area (Å²) in [7, 11) is 1.78. The number of hydrogen-bond donors (Lipinski definition) is 1. The fraction of sp³-hybridized carbons (Fsp3) is 1.00. The topological polar surface area (TPSA) is 32.7 Å². The van der Waals surface area contributed by atoms with Crippen molar-refractivity contribution in [2.24, 2.45) is 5.92 Å². The van der Waals surface area contributed by atoms with Gasteiger partial charge in [-0.3, -0.25) is 4.90 Å². The van der Waals surface area contributed by atoms with E-state index in [2.05, 4.69) is 4.90 Å². The Morgan fingerprint density at radius 3 is 2.67 bits per heavy atom. The predicted octanol–water partition coefficient (Wildman–Crippen LogP) is 2.43. The Labute approximate surface area is 112 Å². The highest BCUT2D eigenvalue weighted by atomic mass is 16.5. The molecule has 1 heterocycles. The Morgan fingerprint density at radius 2 is 1.89 bits per heavy atom. The Hall–Kier alpha value is -0.120. The first-order valence-electron chi connectivity index (χ1n) is 7.74. The minimum atomic E-state index is -0.0493. The molecule has 1 saturated heterocycles. The summed E-state index contributed by atoms with van der Waals surface area (Å²) in [5.74, 6) is 0.529. The summed E-state index contributed by atoms with van der Waals surface area (Å²) >= 11 is 0. The Balaban J connectivity index is 1.89. The second-order valence-electron chi connectivity index (χ2n) is 5.96. The van der Waals surface area contributed by atoms with Gasteiger partial charge in [0, 0.05) is 32.2 Å². The van der Waals surface area contributed by atoms with E-state index in [1.54, 1.807) is 7.11 Å². The van der Waals surface area contributed by atoms with Crippen LogP contribution in [0.15, 0.2) is 0 Å². The lowest BCUT2D eigenvalue weighted by Crippen LogP contribution is -2.49. The number of aliphatic hydroxyl groups excluding tert-OH is 1. The number of likely N-dealkylation sites (tertiary alicyclic amines) is 1. The van der Waals surface area contributed by atoms with Crippen molar-refractivity contribution in [2.75, 3.05) is 26.8 Å². The van der Waals surface area contributed by atoms with Gasteiger partial charge in [-0.1, -0.05) is 19.3 Å². The van der Waals surface area contributed by atoms with Crippen LogP contribution in [0.2, 0.25) is 0 Å². The quantitative estimate of drug-likeness (QED) is 0.766. The standard InChI is InChI=1S/C15H29NO2/c1-18-12-6-11-16-10-5-4-8-14(16)13-7-2-3-9-15(13)17/h13-15,17H,2-12H2,1H3. The number of methoxy groups -OCH3 is 1. The summed E-state index contributed by atoms with van der Waals surface area (Å²) in [6.45, 7) is 3.22. The Bertz CT molecular complexity index is 235. The first kappa shape index (κ1) is 14.3. The highest BCUT2D eigenvalue weighted by Crippen LogP contribution is 2.34. The summed E-state index contributed by atoms with van der Waals surface area (Å²) in [4.78, 5) is 2.63. The molecule has 1 aliphatic carbocycles. The smallest absolute Gasteiger partial charge is 0.0583 e. The van der Waals surface area contributed by atoms with E-state index in [9.17, 15) is 5.11 Å². The van der Waals surface area contributed by atoms with E-state index in [1.807, 2.05) is 0 Å². The second-order valence-corrected chi connectivity index (χ2v) is 5.96. The molecular weight excluding hydrogens is 226 g/mol. The van der Waals surface area contributed by atoms with Crippen LogP contribution in [0.1, 0.15) is 51.4 Å². The van der Waals surface area contributed by atoms with E-state index in [-0.39, 0.29) is 6.10 Å². The van der Waals surface area contributed by atoms with Crippen LogP contribution in [-0.2, 0) is 4.74 Å². The van der Waals surface area contributed by atoms with Crippen LogP contribution in [-0.4, -0.2) is 49.0 Å². The summed E-state index contributed by atoms with van der Waals surface area (Å²) < 4.78 is 5.16. The number of aliphatic hydroxyl groups is 1. The van der Waals surface area contributed by atoms with E-state index in [0.717, 1.165) is 26.0 Å².